The van der Waals surface area contributed by atoms with Gasteiger partial charge in [0.2, 0.25) is 0 Å². The Morgan fingerprint density at radius 2 is 2.03 bits per heavy atom. The number of thioether (sulfide) groups is 1. The number of urea groups is 1. The maximum Gasteiger partial charge on any atom is 0.319 e. The topological polar surface area (TPSA) is 47.6 Å². The molecule has 0 aliphatic carbocycles. The van der Waals surface area contributed by atoms with Crippen molar-refractivity contribution in [3.05, 3.63) is 24.3 Å². The molecule has 2 amide bonds. The average molecular weight is 417 g/mol. The van der Waals surface area contributed by atoms with E-state index >= 15 is 0 Å². The second-order valence-electron chi connectivity index (χ2n) is 9.24. The first-order chi connectivity index (χ1) is 14.1. The van der Waals surface area contributed by atoms with Crippen LogP contribution in [0.4, 0.5) is 10.5 Å². The lowest BCUT2D eigenvalue weighted by atomic mass is 9.75. The highest BCUT2D eigenvalue weighted by Gasteiger charge is 2.40. The Kier molecular flexibility index (Phi) is 7.04. The van der Waals surface area contributed by atoms with Gasteiger partial charge >= 0.3 is 6.03 Å². The summed E-state index contributed by atoms with van der Waals surface area (Å²) in [5.74, 6) is 2.55. The zero-order chi connectivity index (χ0) is 20.2. The van der Waals surface area contributed by atoms with E-state index in [1.165, 1.54) is 58.4 Å². The lowest BCUT2D eigenvalue weighted by molar-refractivity contribution is -0.0142. The number of nitrogens with zero attached hydrogens (tertiary/aromatic N) is 2. The van der Waals surface area contributed by atoms with Gasteiger partial charge < -0.3 is 15.5 Å². The van der Waals surface area contributed by atoms with Crippen molar-refractivity contribution in [2.75, 3.05) is 50.8 Å². The predicted octanol–water partition coefficient (Wildman–Crippen LogP) is 3.97. The molecule has 160 valence electrons. The Morgan fingerprint density at radius 1 is 1.21 bits per heavy atom. The molecule has 1 aromatic rings. The number of carbonyl (C=O) groups is 1. The van der Waals surface area contributed by atoms with Gasteiger partial charge in [0.05, 0.1) is 0 Å². The van der Waals surface area contributed by atoms with Crippen molar-refractivity contribution in [3.8, 4) is 0 Å². The smallest absolute Gasteiger partial charge is 0.319 e. The Balaban J connectivity index is 1.22. The fraction of sp³-hybridized carbons (Fsp3) is 0.696. The molecule has 2 N–H and O–H groups in total. The zero-order valence-corrected chi connectivity index (χ0v) is 18.7. The molecule has 4 aliphatic heterocycles. The molecule has 4 atom stereocenters. The van der Waals surface area contributed by atoms with E-state index in [4.69, 9.17) is 0 Å². The number of fused-ring (bicyclic) bond motifs is 3. The number of likely N-dealkylation sites (tertiary alicyclic amines) is 1. The number of rotatable bonds is 6. The molecule has 6 heteroatoms. The van der Waals surface area contributed by atoms with E-state index in [2.05, 4.69) is 33.4 Å². The van der Waals surface area contributed by atoms with E-state index in [9.17, 15) is 4.79 Å². The monoisotopic (exact) mass is 416 g/mol. The standard InChI is InChI=1S/C23H36N4OS/c1-17-6-9-26(10-7-17)15-19-16-27-11-8-18(19)12-21(27)14-24-23(28)25-20-4-3-5-22(13-20)29-2/h3-5,13,17-19,21H,6-12,14-16H2,1-2H3,(H2,24,25,28)/t18-,19-,21+/m0/s1. The molecule has 29 heavy (non-hydrogen) atoms. The third-order valence-electron chi connectivity index (χ3n) is 7.21. The summed E-state index contributed by atoms with van der Waals surface area (Å²) in [5.41, 5.74) is 0.857. The lowest BCUT2D eigenvalue weighted by Gasteiger charge is -2.51. The van der Waals surface area contributed by atoms with Crippen LogP contribution in [0.2, 0.25) is 0 Å². The number of hydrogen-bond donors (Lipinski definition) is 2. The number of hydrogen-bond acceptors (Lipinski definition) is 4. The third-order valence-corrected chi connectivity index (χ3v) is 7.93. The van der Waals surface area contributed by atoms with E-state index in [-0.39, 0.29) is 6.03 Å². The number of nitrogens with one attached hydrogen (secondary N) is 2. The predicted molar refractivity (Wildman–Crippen MR) is 122 cm³/mol. The maximum absolute atomic E-state index is 12.4. The Hall–Kier alpha value is -1.24. The normalized spacial score (nSPS) is 30.3. The third kappa shape index (κ3) is 5.47. The van der Waals surface area contributed by atoms with Crippen molar-refractivity contribution in [1.29, 1.82) is 0 Å². The van der Waals surface area contributed by atoms with E-state index in [0.717, 1.165) is 34.9 Å². The molecule has 2 bridgehead atoms. The van der Waals surface area contributed by atoms with Crippen LogP contribution in [0, 0.1) is 17.8 Å². The first kappa shape index (κ1) is 21.0. The molecule has 1 aromatic carbocycles. The number of anilines is 1. The number of amides is 2. The van der Waals surface area contributed by atoms with E-state index < -0.39 is 0 Å². The molecular weight excluding hydrogens is 380 g/mol. The summed E-state index contributed by atoms with van der Waals surface area (Å²) in [4.78, 5) is 18.9. The summed E-state index contributed by atoms with van der Waals surface area (Å²) in [6.07, 6.45) is 7.34. The first-order valence-corrected chi connectivity index (χ1v) is 12.5. The van der Waals surface area contributed by atoms with E-state index in [1.54, 1.807) is 11.8 Å². The second-order valence-corrected chi connectivity index (χ2v) is 10.1. The fourth-order valence-electron chi connectivity index (χ4n) is 5.33. The van der Waals surface area contributed by atoms with Gasteiger partial charge in [-0.1, -0.05) is 13.0 Å². The molecule has 0 radical (unpaired) electrons. The van der Waals surface area contributed by atoms with Crippen LogP contribution in [-0.4, -0.2) is 67.4 Å². The van der Waals surface area contributed by atoms with Crippen LogP contribution in [0.25, 0.3) is 0 Å². The highest BCUT2D eigenvalue weighted by molar-refractivity contribution is 7.98. The minimum Gasteiger partial charge on any atom is -0.336 e. The van der Waals surface area contributed by atoms with Crippen LogP contribution < -0.4 is 10.6 Å². The molecule has 5 nitrogen and oxygen atoms in total. The quantitative estimate of drug-likeness (QED) is 0.689. The maximum atomic E-state index is 12.4. The average Bonchev–Trinajstić information content (AvgIpc) is 2.75. The fourth-order valence-corrected chi connectivity index (χ4v) is 5.79. The summed E-state index contributed by atoms with van der Waals surface area (Å²) in [5, 5.41) is 6.09. The van der Waals surface area contributed by atoms with Crippen molar-refractivity contribution in [2.45, 2.75) is 43.5 Å². The van der Waals surface area contributed by atoms with Crippen LogP contribution in [-0.2, 0) is 0 Å². The summed E-state index contributed by atoms with van der Waals surface area (Å²) >= 11 is 1.68. The van der Waals surface area contributed by atoms with Gasteiger partial charge in [-0.2, -0.15) is 0 Å². The van der Waals surface area contributed by atoms with Crippen molar-refractivity contribution in [2.24, 2.45) is 17.8 Å². The van der Waals surface area contributed by atoms with Gasteiger partial charge in [0.15, 0.2) is 0 Å². The summed E-state index contributed by atoms with van der Waals surface area (Å²) in [6.45, 7) is 9.39. The van der Waals surface area contributed by atoms with Crippen LogP contribution in [0.3, 0.4) is 0 Å². The Bertz CT molecular complexity index is 691. The largest absolute Gasteiger partial charge is 0.336 e. The summed E-state index contributed by atoms with van der Waals surface area (Å²) in [6, 6.07) is 8.40. The Morgan fingerprint density at radius 3 is 2.76 bits per heavy atom. The van der Waals surface area contributed by atoms with Gasteiger partial charge in [0.1, 0.15) is 0 Å². The number of piperidine rings is 4. The molecule has 4 heterocycles. The van der Waals surface area contributed by atoms with Gasteiger partial charge in [-0.15, -0.1) is 11.8 Å². The highest BCUT2D eigenvalue weighted by Crippen LogP contribution is 2.37. The van der Waals surface area contributed by atoms with E-state index in [1.807, 2.05) is 24.5 Å². The minimum atomic E-state index is -0.0927. The highest BCUT2D eigenvalue weighted by atomic mass is 32.2. The Labute approximate surface area is 180 Å². The molecular formula is C23H36N4OS. The van der Waals surface area contributed by atoms with Gasteiger partial charge in [0.25, 0.3) is 0 Å². The van der Waals surface area contributed by atoms with Crippen LogP contribution >= 0.6 is 11.8 Å². The summed E-state index contributed by atoms with van der Waals surface area (Å²) in [7, 11) is 0. The van der Waals surface area contributed by atoms with Crippen LogP contribution in [0.1, 0.15) is 32.6 Å². The molecule has 4 fully saturated rings. The van der Waals surface area contributed by atoms with Crippen LogP contribution in [0.15, 0.2) is 29.2 Å². The molecule has 0 saturated carbocycles. The van der Waals surface area contributed by atoms with Gasteiger partial charge in [-0.3, -0.25) is 4.90 Å². The van der Waals surface area contributed by atoms with Gasteiger partial charge in [-0.25, -0.2) is 4.79 Å². The zero-order valence-electron chi connectivity index (χ0n) is 17.9. The SMILES string of the molecule is CSc1cccc(NC(=O)NC[C@H]2C[C@@H]3CCN2C[C@@H]3CN2CCC(C)CC2)c1. The van der Waals surface area contributed by atoms with Gasteiger partial charge in [-0.05, 0) is 87.5 Å². The second kappa shape index (κ2) is 9.71. The van der Waals surface area contributed by atoms with Crippen molar-refractivity contribution in [1.82, 2.24) is 15.1 Å². The molecule has 0 spiro atoms. The molecule has 4 aliphatic rings. The molecule has 4 saturated heterocycles. The van der Waals surface area contributed by atoms with Crippen molar-refractivity contribution >= 4 is 23.5 Å². The van der Waals surface area contributed by atoms with Crippen molar-refractivity contribution in [3.63, 3.8) is 0 Å². The number of carbonyl (C=O) groups excluding carboxylic acids is 1. The first-order valence-electron chi connectivity index (χ1n) is 11.3. The van der Waals surface area contributed by atoms with Crippen LogP contribution in [0.5, 0.6) is 0 Å². The molecule has 5 rings (SSSR count). The summed E-state index contributed by atoms with van der Waals surface area (Å²) < 4.78 is 0. The van der Waals surface area contributed by atoms with E-state index in [0.29, 0.717) is 6.04 Å². The molecule has 1 unspecified atom stereocenters. The number of benzene rings is 1. The minimum absolute atomic E-state index is 0.0927. The lowest BCUT2D eigenvalue weighted by Crippen LogP contribution is -2.58. The van der Waals surface area contributed by atoms with Gasteiger partial charge in [0, 0.05) is 36.3 Å². The van der Waals surface area contributed by atoms with Crippen molar-refractivity contribution < 1.29 is 4.79 Å². The molecule has 0 aromatic heterocycles.